The first-order valence-electron chi connectivity index (χ1n) is 9.53. The van der Waals surface area contributed by atoms with E-state index in [2.05, 4.69) is 5.32 Å². The van der Waals surface area contributed by atoms with Crippen LogP contribution in [0.25, 0.3) is 0 Å². The number of nitrogens with zero attached hydrogens (tertiary/aromatic N) is 1. The fourth-order valence-corrected chi connectivity index (χ4v) is 3.69. The number of urea groups is 1. The number of para-hydroxylation sites is 1. The summed E-state index contributed by atoms with van der Waals surface area (Å²) in [6, 6.07) is 13.8. The van der Waals surface area contributed by atoms with E-state index < -0.39 is 18.0 Å². The molecule has 0 aliphatic carbocycles. The predicted molar refractivity (Wildman–Crippen MR) is 109 cm³/mol. The fraction of sp³-hybridized carbons (Fsp3) is 0.318. The molecule has 0 spiro atoms. The van der Waals surface area contributed by atoms with Crippen LogP contribution in [-0.2, 0) is 20.7 Å². The molecule has 1 aliphatic rings. The van der Waals surface area contributed by atoms with Crippen LogP contribution in [0.5, 0.6) is 0 Å². The molecule has 0 radical (unpaired) electrons. The van der Waals surface area contributed by atoms with Crippen LogP contribution in [0.1, 0.15) is 36.1 Å². The van der Waals surface area contributed by atoms with Crippen LogP contribution in [0.3, 0.4) is 0 Å². The lowest BCUT2D eigenvalue weighted by Crippen LogP contribution is -2.39. The molecule has 29 heavy (non-hydrogen) atoms. The minimum Gasteiger partial charge on any atom is -0.455 e. The van der Waals surface area contributed by atoms with Crippen molar-refractivity contribution in [3.05, 3.63) is 65.2 Å². The molecule has 1 aliphatic heterocycles. The maximum atomic E-state index is 12.7. The summed E-state index contributed by atoms with van der Waals surface area (Å²) >= 11 is 0. The summed E-state index contributed by atoms with van der Waals surface area (Å²) in [4.78, 5) is 38.0. The third-order valence-electron chi connectivity index (χ3n) is 4.96. The van der Waals surface area contributed by atoms with Crippen LogP contribution in [-0.4, -0.2) is 30.6 Å². The molecule has 7 nitrogen and oxygen atoms in total. The number of esters is 1. The molecule has 0 fully saturated rings. The third kappa shape index (κ3) is 4.93. The van der Waals surface area contributed by atoms with E-state index in [4.69, 9.17) is 10.5 Å². The molecule has 3 N–H and O–H groups in total. The number of carbonyl (C=O) groups excluding carboxylic acids is 3. The number of anilines is 1. The van der Waals surface area contributed by atoms with Gasteiger partial charge in [0.2, 0.25) is 0 Å². The summed E-state index contributed by atoms with van der Waals surface area (Å²) in [7, 11) is 0. The van der Waals surface area contributed by atoms with Crippen LogP contribution in [0.2, 0.25) is 0 Å². The Morgan fingerprint density at radius 1 is 1.21 bits per heavy atom. The summed E-state index contributed by atoms with van der Waals surface area (Å²) in [5.41, 5.74) is 8.94. The van der Waals surface area contributed by atoms with E-state index in [1.54, 1.807) is 11.0 Å². The molecule has 152 valence electrons. The van der Waals surface area contributed by atoms with Crippen LogP contribution < -0.4 is 16.0 Å². The predicted octanol–water partition coefficient (Wildman–Crippen LogP) is 2.62. The molecule has 1 heterocycles. The second kappa shape index (κ2) is 8.77. The van der Waals surface area contributed by atoms with Crippen molar-refractivity contribution in [1.82, 2.24) is 5.32 Å². The third-order valence-corrected chi connectivity index (χ3v) is 4.96. The number of hydrogen-bond donors (Lipinski definition) is 2. The highest BCUT2D eigenvalue weighted by Gasteiger charge is 2.31. The summed E-state index contributed by atoms with van der Waals surface area (Å²) in [5.74, 6) is -0.857. The molecule has 3 rings (SSSR count). The van der Waals surface area contributed by atoms with Gasteiger partial charge in [0.25, 0.3) is 5.91 Å². The quantitative estimate of drug-likeness (QED) is 0.734. The van der Waals surface area contributed by atoms with Gasteiger partial charge in [0.1, 0.15) is 0 Å². The number of nitrogens with two attached hydrogens (primary N) is 1. The first kappa shape index (κ1) is 20.4. The van der Waals surface area contributed by atoms with E-state index in [9.17, 15) is 14.4 Å². The molecule has 0 unspecified atom stereocenters. The van der Waals surface area contributed by atoms with Crippen molar-refractivity contribution in [3.63, 3.8) is 0 Å². The van der Waals surface area contributed by atoms with Gasteiger partial charge in [-0.25, -0.2) is 4.79 Å². The van der Waals surface area contributed by atoms with Gasteiger partial charge >= 0.3 is 12.0 Å². The van der Waals surface area contributed by atoms with Crippen molar-refractivity contribution in [2.24, 2.45) is 5.73 Å². The highest BCUT2D eigenvalue weighted by atomic mass is 16.5. The van der Waals surface area contributed by atoms with Gasteiger partial charge in [-0.05, 0) is 37.5 Å². The maximum Gasteiger partial charge on any atom is 0.312 e. The average Bonchev–Trinajstić information content (AvgIpc) is 3.01. The monoisotopic (exact) mass is 395 g/mol. The lowest BCUT2D eigenvalue weighted by atomic mass is 10.0. The minimum absolute atomic E-state index is 0.00942. The Morgan fingerprint density at radius 3 is 2.69 bits per heavy atom. The van der Waals surface area contributed by atoms with E-state index in [0.29, 0.717) is 0 Å². The summed E-state index contributed by atoms with van der Waals surface area (Å²) in [6.07, 6.45) is 0.652. The highest BCUT2D eigenvalue weighted by Crippen LogP contribution is 2.31. The normalized spacial score (nSPS) is 16.1. The van der Waals surface area contributed by atoms with Gasteiger partial charge in [-0.15, -0.1) is 0 Å². The second-order valence-electron chi connectivity index (χ2n) is 7.29. The van der Waals surface area contributed by atoms with Gasteiger partial charge in [-0.1, -0.05) is 48.0 Å². The molecular weight excluding hydrogens is 370 g/mol. The molecule has 7 heteroatoms. The van der Waals surface area contributed by atoms with Crippen molar-refractivity contribution in [1.29, 1.82) is 0 Å². The van der Waals surface area contributed by atoms with Gasteiger partial charge in [0.15, 0.2) is 6.61 Å². The molecule has 3 amide bonds. The zero-order valence-electron chi connectivity index (χ0n) is 16.6. The number of nitrogens with one attached hydrogen (secondary N) is 1. The SMILES string of the molecule is Cc1cccc([C@@H](CC(=O)OCC(=O)N2c3ccccc3C[C@H]2C)NC(N)=O)c1. The number of amides is 3. The van der Waals surface area contributed by atoms with E-state index >= 15 is 0 Å². The van der Waals surface area contributed by atoms with Gasteiger partial charge in [-0.2, -0.15) is 0 Å². The molecule has 0 bridgehead atoms. The standard InChI is InChI=1S/C22H25N3O4/c1-14-6-5-8-16(10-14)18(24-22(23)28)12-21(27)29-13-20(26)25-15(2)11-17-7-3-4-9-19(17)25/h3-10,15,18H,11-13H2,1-2H3,(H3,23,24,28)/t15-,18-/m1/s1. The van der Waals surface area contributed by atoms with Gasteiger partial charge in [-0.3, -0.25) is 9.59 Å². The van der Waals surface area contributed by atoms with Crippen LogP contribution >= 0.6 is 0 Å². The number of benzene rings is 2. The van der Waals surface area contributed by atoms with Gasteiger partial charge < -0.3 is 20.7 Å². The van der Waals surface area contributed by atoms with Gasteiger partial charge in [0.05, 0.1) is 12.5 Å². The molecule has 0 saturated carbocycles. The average molecular weight is 395 g/mol. The van der Waals surface area contributed by atoms with Crippen molar-refractivity contribution in [2.75, 3.05) is 11.5 Å². The maximum absolute atomic E-state index is 12.7. The second-order valence-corrected chi connectivity index (χ2v) is 7.29. The zero-order valence-corrected chi connectivity index (χ0v) is 16.6. The Balaban J connectivity index is 1.62. The van der Waals surface area contributed by atoms with Crippen molar-refractivity contribution in [2.45, 2.75) is 38.8 Å². The first-order chi connectivity index (χ1) is 13.8. The molecule has 2 aromatic carbocycles. The lowest BCUT2D eigenvalue weighted by molar-refractivity contribution is -0.148. The number of ether oxygens (including phenoxy) is 1. The Hall–Kier alpha value is -3.35. The topological polar surface area (TPSA) is 102 Å². The van der Waals surface area contributed by atoms with Crippen LogP contribution in [0.15, 0.2) is 48.5 Å². The summed E-state index contributed by atoms with van der Waals surface area (Å²) < 4.78 is 5.22. The highest BCUT2D eigenvalue weighted by molar-refractivity contribution is 5.97. The number of carbonyl (C=O) groups is 3. The number of fused-ring (bicyclic) bond motifs is 1. The number of hydrogen-bond acceptors (Lipinski definition) is 4. The van der Waals surface area contributed by atoms with E-state index in [0.717, 1.165) is 28.8 Å². The van der Waals surface area contributed by atoms with Crippen molar-refractivity contribution < 1.29 is 19.1 Å². The number of aryl methyl sites for hydroxylation is 1. The number of rotatable bonds is 6. The Kier molecular flexibility index (Phi) is 6.16. The molecule has 0 aromatic heterocycles. The Bertz CT molecular complexity index is 928. The summed E-state index contributed by atoms with van der Waals surface area (Å²) in [6.45, 7) is 3.52. The first-order valence-corrected chi connectivity index (χ1v) is 9.53. The van der Waals surface area contributed by atoms with E-state index in [-0.39, 0.29) is 25.0 Å². The van der Waals surface area contributed by atoms with Crippen molar-refractivity contribution >= 4 is 23.6 Å². The Morgan fingerprint density at radius 2 is 1.97 bits per heavy atom. The van der Waals surface area contributed by atoms with Crippen LogP contribution in [0.4, 0.5) is 10.5 Å². The van der Waals surface area contributed by atoms with E-state index in [1.165, 1.54) is 0 Å². The largest absolute Gasteiger partial charge is 0.455 e. The smallest absolute Gasteiger partial charge is 0.312 e. The lowest BCUT2D eigenvalue weighted by Gasteiger charge is -2.23. The molecule has 0 saturated heterocycles. The zero-order chi connectivity index (χ0) is 21.0. The molecule has 2 aromatic rings. The number of primary amides is 1. The van der Waals surface area contributed by atoms with Gasteiger partial charge in [0, 0.05) is 11.7 Å². The molecule has 2 atom stereocenters. The Labute approximate surface area is 169 Å². The minimum atomic E-state index is -0.733. The van der Waals surface area contributed by atoms with Crippen molar-refractivity contribution in [3.8, 4) is 0 Å². The van der Waals surface area contributed by atoms with Crippen LogP contribution in [0, 0.1) is 6.92 Å². The fourth-order valence-electron chi connectivity index (χ4n) is 3.69. The molecular formula is C22H25N3O4. The van der Waals surface area contributed by atoms with E-state index in [1.807, 2.05) is 56.3 Å². The summed E-state index contributed by atoms with van der Waals surface area (Å²) in [5, 5.41) is 2.56.